The van der Waals surface area contributed by atoms with Gasteiger partial charge >= 0.3 is 0 Å². The fraction of sp³-hybridized carbons (Fsp3) is 0.438. The zero-order chi connectivity index (χ0) is 15.5. The molecule has 0 aliphatic rings. The second-order valence-electron chi connectivity index (χ2n) is 5.29. The van der Waals surface area contributed by atoms with E-state index in [1.54, 1.807) is 16.3 Å². The van der Waals surface area contributed by atoms with Crippen LogP contribution in [0.25, 0.3) is 16.7 Å². The van der Waals surface area contributed by atoms with Crippen molar-refractivity contribution in [3.63, 3.8) is 0 Å². The third kappa shape index (κ3) is 2.52. The van der Waals surface area contributed by atoms with Crippen LogP contribution in [-0.4, -0.2) is 24.9 Å². The standard InChI is InChI=1S/C16H20N4OS/c1-3-5-11-22-16-18-17-15-19(10-4-2)14(21)12-8-6-7-9-13(12)20(15)16/h6-9H,3-5,10-11H2,1-2H3. The van der Waals surface area contributed by atoms with Crippen molar-refractivity contribution in [2.75, 3.05) is 5.75 Å². The number of unbranched alkanes of at least 4 members (excludes halogenated alkanes) is 1. The van der Waals surface area contributed by atoms with Crippen molar-refractivity contribution < 1.29 is 0 Å². The maximum Gasteiger partial charge on any atom is 0.262 e. The number of aryl methyl sites for hydroxylation is 1. The number of nitrogens with zero attached hydrogens (tertiary/aromatic N) is 4. The zero-order valence-electron chi connectivity index (χ0n) is 13.0. The Hall–Kier alpha value is -1.82. The molecule has 0 saturated heterocycles. The Morgan fingerprint density at radius 3 is 2.73 bits per heavy atom. The van der Waals surface area contributed by atoms with Crippen LogP contribution in [0.4, 0.5) is 0 Å². The smallest absolute Gasteiger partial charge is 0.262 e. The molecular weight excluding hydrogens is 296 g/mol. The van der Waals surface area contributed by atoms with Gasteiger partial charge in [0, 0.05) is 12.3 Å². The van der Waals surface area contributed by atoms with Crippen LogP contribution in [0, 0.1) is 0 Å². The van der Waals surface area contributed by atoms with Crippen molar-refractivity contribution in [1.29, 1.82) is 0 Å². The molecule has 0 N–H and O–H groups in total. The first-order chi connectivity index (χ1) is 10.8. The summed E-state index contributed by atoms with van der Waals surface area (Å²) < 4.78 is 3.76. The summed E-state index contributed by atoms with van der Waals surface area (Å²) in [5.41, 5.74) is 0.904. The molecule has 1 aromatic carbocycles. The van der Waals surface area contributed by atoms with E-state index in [2.05, 4.69) is 24.0 Å². The number of aromatic nitrogens is 4. The van der Waals surface area contributed by atoms with Gasteiger partial charge in [-0.25, -0.2) is 0 Å². The van der Waals surface area contributed by atoms with Gasteiger partial charge in [0.25, 0.3) is 5.56 Å². The molecule has 2 aromatic heterocycles. The Labute approximate surface area is 133 Å². The van der Waals surface area contributed by atoms with E-state index < -0.39 is 0 Å². The molecule has 0 bridgehead atoms. The fourth-order valence-electron chi connectivity index (χ4n) is 2.56. The molecule has 0 aliphatic carbocycles. The number of hydrogen-bond acceptors (Lipinski definition) is 4. The number of rotatable bonds is 6. The quantitative estimate of drug-likeness (QED) is 0.517. The lowest BCUT2D eigenvalue weighted by Crippen LogP contribution is -2.23. The Balaban J connectivity index is 2.26. The van der Waals surface area contributed by atoms with Crippen molar-refractivity contribution in [2.24, 2.45) is 0 Å². The van der Waals surface area contributed by atoms with Crippen LogP contribution < -0.4 is 5.56 Å². The zero-order valence-corrected chi connectivity index (χ0v) is 13.8. The van der Waals surface area contributed by atoms with Crippen LogP contribution in [0.15, 0.2) is 34.2 Å². The van der Waals surface area contributed by atoms with Gasteiger partial charge in [-0.3, -0.25) is 13.8 Å². The second kappa shape index (κ2) is 6.52. The molecule has 5 nitrogen and oxygen atoms in total. The molecular formula is C16H20N4OS. The highest BCUT2D eigenvalue weighted by Crippen LogP contribution is 2.22. The first-order valence-corrected chi connectivity index (χ1v) is 8.76. The summed E-state index contributed by atoms with van der Waals surface area (Å²) in [5, 5.41) is 10.2. The second-order valence-corrected chi connectivity index (χ2v) is 6.36. The minimum absolute atomic E-state index is 0.0162. The average Bonchev–Trinajstić information content (AvgIpc) is 2.96. The van der Waals surface area contributed by atoms with E-state index in [9.17, 15) is 4.79 Å². The van der Waals surface area contributed by atoms with Gasteiger partial charge in [0.1, 0.15) is 0 Å². The fourth-order valence-corrected chi connectivity index (χ4v) is 3.58. The van der Waals surface area contributed by atoms with Crippen molar-refractivity contribution in [3.05, 3.63) is 34.6 Å². The third-order valence-electron chi connectivity index (χ3n) is 3.65. The molecule has 0 fully saturated rings. The number of para-hydroxylation sites is 1. The lowest BCUT2D eigenvalue weighted by Gasteiger charge is -2.10. The van der Waals surface area contributed by atoms with Gasteiger partial charge < -0.3 is 0 Å². The minimum atomic E-state index is 0.0162. The van der Waals surface area contributed by atoms with Gasteiger partial charge in [-0.15, -0.1) is 10.2 Å². The van der Waals surface area contributed by atoms with Crippen LogP contribution in [0.3, 0.4) is 0 Å². The molecule has 22 heavy (non-hydrogen) atoms. The van der Waals surface area contributed by atoms with E-state index >= 15 is 0 Å². The van der Waals surface area contributed by atoms with E-state index in [0.717, 1.165) is 41.1 Å². The molecule has 0 amide bonds. The summed E-state index contributed by atoms with van der Waals surface area (Å²) in [5.74, 6) is 1.66. The average molecular weight is 316 g/mol. The van der Waals surface area contributed by atoms with Crippen molar-refractivity contribution in [1.82, 2.24) is 19.2 Å². The summed E-state index contributed by atoms with van der Waals surface area (Å²) in [7, 11) is 0. The summed E-state index contributed by atoms with van der Waals surface area (Å²) in [6, 6.07) is 7.70. The van der Waals surface area contributed by atoms with Gasteiger partial charge in [0.2, 0.25) is 5.78 Å². The highest BCUT2D eigenvalue weighted by atomic mass is 32.2. The van der Waals surface area contributed by atoms with Gasteiger partial charge in [-0.05, 0) is 25.0 Å². The molecule has 3 rings (SSSR count). The largest absolute Gasteiger partial charge is 0.276 e. The van der Waals surface area contributed by atoms with E-state index in [4.69, 9.17) is 0 Å². The summed E-state index contributed by atoms with van der Waals surface area (Å²) in [4.78, 5) is 12.7. The Morgan fingerprint density at radius 2 is 1.95 bits per heavy atom. The molecule has 0 saturated carbocycles. The molecule has 0 spiro atoms. The highest BCUT2D eigenvalue weighted by Gasteiger charge is 2.15. The predicted molar refractivity (Wildman–Crippen MR) is 90.7 cm³/mol. The molecule has 6 heteroatoms. The lowest BCUT2D eigenvalue weighted by molar-refractivity contribution is 0.662. The SMILES string of the molecule is CCCCSc1nnc2n(CCC)c(=O)c3ccccc3n12. The van der Waals surface area contributed by atoms with E-state index in [0.29, 0.717) is 12.3 Å². The van der Waals surface area contributed by atoms with E-state index in [1.165, 1.54) is 0 Å². The molecule has 116 valence electrons. The van der Waals surface area contributed by atoms with Gasteiger partial charge in [-0.1, -0.05) is 44.2 Å². The molecule has 0 atom stereocenters. The first-order valence-electron chi connectivity index (χ1n) is 7.77. The van der Waals surface area contributed by atoms with Crippen molar-refractivity contribution in [2.45, 2.75) is 44.8 Å². The topological polar surface area (TPSA) is 52.2 Å². The van der Waals surface area contributed by atoms with Crippen LogP contribution in [0.5, 0.6) is 0 Å². The molecule has 2 heterocycles. The maximum absolute atomic E-state index is 12.7. The third-order valence-corrected chi connectivity index (χ3v) is 4.67. The Bertz CT molecular complexity index is 852. The minimum Gasteiger partial charge on any atom is -0.276 e. The Kier molecular flexibility index (Phi) is 4.47. The summed E-state index contributed by atoms with van der Waals surface area (Å²) in [6.07, 6.45) is 3.19. The van der Waals surface area contributed by atoms with Gasteiger partial charge in [0.05, 0.1) is 10.9 Å². The van der Waals surface area contributed by atoms with Crippen LogP contribution in [-0.2, 0) is 6.54 Å². The van der Waals surface area contributed by atoms with E-state index in [-0.39, 0.29) is 5.56 Å². The maximum atomic E-state index is 12.7. The number of fused-ring (bicyclic) bond motifs is 3. The van der Waals surface area contributed by atoms with E-state index in [1.807, 2.05) is 28.7 Å². The summed E-state index contributed by atoms with van der Waals surface area (Å²) >= 11 is 1.70. The number of hydrogen-bond donors (Lipinski definition) is 0. The van der Waals surface area contributed by atoms with Gasteiger partial charge in [-0.2, -0.15) is 0 Å². The summed E-state index contributed by atoms with van der Waals surface area (Å²) in [6.45, 7) is 4.90. The van der Waals surface area contributed by atoms with Crippen LogP contribution in [0.2, 0.25) is 0 Å². The van der Waals surface area contributed by atoms with Crippen LogP contribution in [0.1, 0.15) is 33.1 Å². The molecule has 0 unspecified atom stereocenters. The lowest BCUT2D eigenvalue weighted by atomic mass is 10.2. The molecule has 0 radical (unpaired) electrons. The highest BCUT2D eigenvalue weighted by molar-refractivity contribution is 7.99. The Morgan fingerprint density at radius 1 is 1.14 bits per heavy atom. The first kappa shape index (κ1) is 15.1. The van der Waals surface area contributed by atoms with Crippen LogP contribution >= 0.6 is 11.8 Å². The number of thioether (sulfide) groups is 1. The van der Waals surface area contributed by atoms with Gasteiger partial charge in [0.15, 0.2) is 5.16 Å². The monoisotopic (exact) mass is 316 g/mol. The number of benzene rings is 1. The molecule has 3 aromatic rings. The predicted octanol–water partition coefficient (Wildman–Crippen LogP) is 3.35. The van der Waals surface area contributed by atoms with Crippen molar-refractivity contribution in [3.8, 4) is 0 Å². The molecule has 0 aliphatic heterocycles. The normalized spacial score (nSPS) is 11.5. The van der Waals surface area contributed by atoms with Crippen molar-refractivity contribution >= 4 is 28.4 Å².